The largest absolute Gasteiger partial charge is 0.489 e. The van der Waals surface area contributed by atoms with Gasteiger partial charge in [0.15, 0.2) is 0 Å². The summed E-state index contributed by atoms with van der Waals surface area (Å²) in [6, 6.07) is 3.98. The van der Waals surface area contributed by atoms with Crippen molar-refractivity contribution in [1.82, 2.24) is 0 Å². The second-order valence-corrected chi connectivity index (χ2v) is 3.92. The van der Waals surface area contributed by atoms with E-state index in [0.717, 1.165) is 21.3 Å². The van der Waals surface area contributed by atoms with Gasteiger partial charge in [-0.2, -0.15) is 0 Å². The number of alkyl halides is 1. The van der Waals surface area contributed by atoms with Crippen LogP contribution in [0.2, 0.25) is 0 Å². The lowest BCUT2D eigenvalue weighted by molar-refractivity contribution is 0.355. The van der Waals surface area contributed by atoms with Crippen molar-refractivity contribution in [3.05, 3.63) is 33.8 Å². The molecule has 0 atom stereocenters. The molecule has 1 aliphatic rings. The van der Waals surface area contributed by atoms with Crippen molar-refractivity contribution in [3.8, 4) is 5.75 Å². The van der Waals surface area contributed by atoms with Crippen molar-refractivity contribution in [2.75, 3.05) is 6.61 Å². The molecule has 0 bridgehead atoms. The number of benzene rings is 1. The molecule has 3 heteroatoms. The molecule has 2 rings (SSSR count). The summed E-state index contributed by atoms with van der Waals surface area (Å²) in [7, 11) is 0. The van der Waals surface area contributed by atoms with Crippen LogP contribution in [0.4, 0.5) is 0 Å². The minimum atomic E-state index is 0.490. The first-order chi connectivity index (χ1) is 6.33. The van der Waals surface area contributed by atoms with Crippen LogP contribution >= 0.6 is 27.5 Å². The summed E-state index contributed by atoms with van der Waals surface area (Å²) in [5.74, 6) is 1.40. The SMILES string of the molecule is ClCc1ccc(Br)c2c1OCC=C2. The Morgan fingerprint density at radius 3 is 3.08 bits per heavy atom. The lowest BCUT2D eigenvalue weighted by Crippen LogP contribution is -2.03. The van der Waals surface area contributed by atoms with Gasteiger partial charge in [-0.25, -0.2) is 0 Å². The lowest BCUT2D eigenvalue weighted by atomic mass is 10.1. The summed E-state index contributed by atoms with van der Waals surface area (Å²) in [5, 5.41) is 0. The highest BCUT2D eigenvalue weighted by Crippen LogP contribution is 2.34. The van der Waals surface area contributed by atoms with E-state index in [0.29, 0.717) is 12.5 Å². The Hall–Kier alpha value is -0.470. The van der Waals surface area contributed by atoms with Crippen LogP contribution in [0.15, 0.2) is 22.7 Å². The van der Waals surface area contributed by atoms with Crippen LogP contribution in [0, 0.1) is 0 Å². The van der Waals surface area contributed by atoms with Crippen LogP contribution in [0.5, 0.6) is 5.75 Å². The van der Waals surface area contributed by atoms with Crippen molar-refractivity contribution in [2.24, 2.45) is 0 Å². The van der Waals surface area contributed by atoms with Crippen LogP contribution in [0.25, 0.3) is 6.08 Å². The quantitative estimate of drug-likeness (QED) is 0.700. The Labute approximate surface area is 90.5 Å². The van der Waals surface area contributed by atoms with Crippen molar-refractivity contribution >= 4 is 33.6 Å². The second kappa shape index (κ2) is 3.72. The fraction of sp³-hybridized carbons (Fsp3) is 0.200. The first kappa shape index (κ1) is 9.10. The molecular formula is C10H8BrClO. The third kappa shape index (κ3) is 1.61. The Kier molecular flexibility index (Phi) is 2.61. The van der Waals surface area contributed by atoms with Gasteiger partial charge >= 0.3 is 0 Å². The fourth-order valence-electron chi connectivity index (χ4n) is 1.35. The van der Waals surface area contributed by atoms with E-state index in [1.54, 1.807) is 0 Å². The molecule has 0 radical (unpaired) electrons. The zero-order valence-electron chi connectivity index (χ0n) is 6.89. The average molecular weight is 260 g/mol. The van der Waals surface area contributed by atoms with Gasteiger partial charge in [-0.15, -0.1) is 11.6 Å². The highest BCUT2D eigenvalue weighted by molar-refractivity contribution is 9.10. The highest BCUT2D eigenvalue weighted by Gasteiger charge is 2.12. The molecule has 1 aromatic carbocycles. The van der Waals surface area contributed by atoms with E-state index in [1.807, 2.05) is 18.2 Å². The summed E-state index contributed by atoms with van der Waals surface area (Å²) in [5.41, 5.74) is 2.13. The Bertz CT molecular complexity index is 360. The molecule has 1 aromatic rings. The first-order valence-corrected chi connectivity index (χ1v) is 5.32. The van der Waals surface area contributed by atoms with Crippen LogP contribution < -0.4 is 4.74 Å². The van der Waals surface area contributed by atoms with Gasteiger partial charge in [0.1, 0.15) is 12.4 Å². The maximum atomic E-state index is 5.80. The summed E-state index contributed by atoms with van der Waals surface area (Å²) in [6.45, 7) is 0.632. The van der Waals surface area contributed by atoms with Gasteiger partial charge in [0.2, 0.25) is 0 Å². The summed E-state index contributed by atoms with van der Waals surface area (Å²) in [4.78, 5) is 0. The minimum absolute atomic E-state index is 0.490. The molecule has 1 nitrogen and oxygen atoms in total. The minimum Gasteiger partial charge on any atom is -0.489 e. The van der Waals surface area contributed by atoms with Crippen LogP contribution in [0.3, 0.4) is 0 Å². The number of ether oxygens (including phenoxy) is 1. The average Bonchev–Trinajstić information content (AvgIpc) is 2.19. The summed E-state index contributed by atoms with van der Waals surface area (Å²) < 4.78 is 6.57. The topological polar surface area (TPSA) is 9.23 Å². The first-order valence-electron chi connectivity index (χ1n) is 3.99. The molecule has 0 saturated heterocycles. The number of rotatable bonds is 1. The van der Waals surface area contributed by atoms with Crippen molar-refractivity contribution in [1.29, 1.82) is 0 Å². The van der Waals surface area contributed by atoms with Gasteiger partial charge in [0.05, 0.1) is 5.88 Å². The predicted octanol–water partition coefficient (Wildman–Crippen LogP) is 3.59. The Morgan fingerprint density at radius 2 is 2.31 bits per heavy atom. The molecule has 0 spiro atoms. The van der Waals surface area contributed by atoms with E-state index in [-0.39, 0.29) is 0 Å². The maximum Gasteiger partial charge on any atom is 0.132 e. The summed E-state index contributed by atoms with van der Waals surface area (Å²) >= 11 is 9.27. The third-order valence-corrected chi connectivity index (χ3v) is 2.96. The molecule has 68 valence electrons. The van der Waals surface area contributed by atoms with Gasteiger partial charge in [-0.1, -0.05) is 28.1 Å². The van der Waals surface area contributed by atoms with E-state index in [1.165, 1.54) is 0 Å². The van der Waals surface area contributed by atoms with Crippen LogP contribution in [-0.4, -0.2) is 6.61 Å². The smallest absolute Gasteiger partial charge is 0.132 e. The number of hydrogen-bond donors (Lipinski definition) is 0. The van der Waals surface area contributed by atoms with Gasteiger partial charge < -0.3 is 4.74 Å². The molecule has 0 aliphatic carbocycles. The summed E-state index contributed by atoms with van der Waals surface area (Å²) in [6.07, 6.45) is 4.05. The molecule has 0 N–H and O–H groups in total. The molecule has 13 heavy (non-hydrogen) atoms. The van der Waals surface area contributed by atoms with E-state index < -0.39 is 0 Å². The number of fused-ring (bicyclic) bond motifs is 1. The van der Waals surface area contributed by atoms with Crippen molar-refractivity contribution in [3.63, 3.8) is 0 Å². The zero-order chi connectivity index (χ0) is 9.26. The van der Waals surface area contributed by atoms with E-state index in [9.17, 15) is 0 Å². The van der Waals surface area contributed by atoms with Gasteiger partial charge in [0.25, 0.3) is 0 Å². The molecule has 0 saturated carbocycles. The molecular weight excluding hydrogens is 251 g/mol. The predicted molar refractivity (Wildman–Crippen MR) is 58.2 cm³/mol. The molecule has 0 fully saturated rings. The molecule has 1 aliphatic heterocycles. The maximum absolute atomic E-state index is 5.80. The Balaban J connectivity index is 2.61. The standard InChI is InChI=1S/C10H8BrClO/c11-9-4-3-7(6-12)10-8(9)2-1-5-13-10/h1-4H,5-6H2. The fourth-order valence-corrected chi connectivity index (χ4v) is 2.00. The van der Waals surface area contributed by atoms with E-state index in [4.69, 9.17) is 16.3 Å². The molecule has 1 heterocycles. The van der Waals surface area contributed by atoms with Crippen molar-refractivity contribution in [2.45, 2.75) is 5.88 Å². The molecule has 0 aromatic heterocycles. The molecule has 0 unspecified atom stereocenters. The second-order valence-electron chi connectivity index (χ2n) is 2.80. The van der Waals surface area contributed by atoms with Crippen LogP contribution in [0.1, 0.15) is 11.1 Å². The lowest BCUT2D eigenvalue weighted by Gasteiger charge is -2.16. The zero-order valence-corrected chi connectivity index (χ0v) is 9.23. The highest BCUT2D eigenvalue weighted by atomic mass is 79.9. The normalized spacial score (nSPS) is 13.7. The van der Waals surface area contributed by atoms with Crippen LogP contribution in [-0.2, 0) is 5.88 Å². The monoisotopic (exact) mass is 258 g/mol. The van der Waals surface area contributed by atoms with Gasteiger partial charge in [-0.05, 0) is 12.1 Å². The Morgan fingerprint density at radius 1 is 1.46 bits per heavy atom. The van der Waals surface area contributed by atoms with E-state index >= 15 is 0 Å². The third-order valence-electron chi connectivity index (χ3n) is 1.98. The van der Waals surface area contributed by atoms with E-state index in [2.05, 4.69) is 22.0 Å². The van der Waals surface area contributed by atoms with Gasteiger partial charge in [-0.3, -0.25) is 0 Å². The van der Waals surface area contributed by atoms with Gasteiger partial charge in [0, 0.05) is 15.6 Å². The van der Waals surface area contributed by atoms with Crippen molar-refractivity contribution < 1.29 is 4.74 Å². The number of hydrogen-bond acceptors (Lipinski definition) is 1. The number of halogens is 2. The molecule has 0 amide bonds.